The molecule has 0 radical (unpaired) electrons. The van der Waals surface area contributed by atoms with Gasteiger partial charge in [0, 0.05) is 0 Å². The van der Waals surface area contributed by atoms with E-state index < -0.39 is 0 Å². The Balaban J connectivity index is 2.15. The van der Waals surface area contributed by atoms with E-state index in [2.05, 4.69) is 18.7 Å². The Morgan fingerprint density at radius 3 is 2.33 bits per heavy atom. The fraction of sp³-hybridized carbons (Fsp3) is 1.00. The van der Waals surface area contributed by atoms with Gasteiger partial charge in [-0.3, -0.25) is 0 Å². The van der Waals surface area contributed by atoms with Crippen molar-refractivity contribution in [1.29, 1.82) is 0 Å². The molecule has 0 spiro atoms. The Kier molecular flexibility index (Phi) is 3.53. The molecule has 0 aromatic carbocycles. The summed E-state index contributed by atoms with van der Waals surface area (Å²) in [4.78, 5) is 2.55. The normalized spacial score (nSPS) is 20.2. The van der Waals surface area contributed by atoms with Gasteiger partial charge >= 0.3 is 0 Å². The van der Waals surface area contributed by atoms with Gasteiger partial charge in [-0.1, -0.05) is 13.8 Å². The van der Waals surface area contributed by atoms with Crippen molar-refractivity contribution in [2.75, 3.05) is 26.2 Å². The first-order chi connectivity index (χ1) is 5.64. The predicted octanol–water partition coefficient (Wildman–Crippen LogP) is 1.46. The molecule has 2 N–H and O–H groups in total. The van der Waals surface area contributed by atoms with Crippen LogP contribution in [0.2, 0.25) is 0 Å². The SMILES string of the molecule is CC(C)(CN)CCN1CCCC1. The molecule has 0 aromatic rings. The van der Waals surface area contributed by atoms with Gasteiger partial charge in [-0.2, -0.15) is 0 Å². The summed E-state index contributed by atoms with van der Waals surface area (Å²) in [6.45, 7) is 9.17. The van der Waals surface area contributed by atoms with Crippen molar-refractivity contribution in [2.45, 2.75) is 33.1 Å². The highest BCUT2D eigenvalue weighted by Gasteiger charge is 2.18. The molecular formula is C10H22N2. The van der Waals surface area contributed by atoms with Gasteiger partial charge in [-0.05, 0) is 50.9 Å². The quantitative estimate of drug-likeness (QED) is 0.692. The molecule has 0 amide bonds. The summed E-state index contributed by atoms with van der Waals surface area (Å²) < 4.78 is 0. The summed E-state index contributed by atoms with van der Waals surface area (Å²) in [7, 11) is 0. The van der Waals surface area contributed by atoms with Gasteiger partial charge in [-0.25, -0.2) is 0 Å². The second-order valence-corrected chi connectivity index (χ2v) is 4.67. The largest absolute Gasteiger partial charge is 0.330 e. The highest BCUT2D eigenvalue weighted by Crippen LogP contribution is 2.19. The van der Waals surface area contributed by atoms with Gasteiger partial charge in [0.25, 0.3) is 0 Å². The zero-order valence-electron chi connectivity index (χ0n) is 8.47. The van der Waals surface area contributed by atoms with E-state index in [1.54, 1.807) is 0 Å². The third-order valence-electron chi connectivity index (χ3n) is 2.86. The first kappa shape index (κ1) is 10.0. The Labute approximate surface area is 76.1 Å². The standard InChI is InChI=1S/C10H22N2/c1-10(2,9-11)5-8-12-6-3-4-7-12/h3-9,11H2,1-2H3. The number of likely N-dealkylation sites (tertiary alicyclic amines) is 1. The van der Waals surface area contributed by atoms with Gasteiger partial charge in [0.15, 0.2) is 0 Å². The average molecular weight is 170 g/mol. The molecule has 0 aromatic heterocycles. The summed E-state index contributed by atoms with van der Waals surface area (Å²) in [5.41, 5.74) is 6.01. The van der Waals surface area contributed by atoms with Crippen molar-refractivity contribution in [3.63, 3.8) is 0 Å². The molecule has 2 nitrogen and oxygen atoms in total. The summed E-state index contributed by atoms with van der Waals surface area (Å²) in [6.07, 6.45) is 4.02. The van der Waals surface area contributed by atoms with Crippen molar-refractivity contribution in [3.05, 3.63) is 0 Å². The van der Waals surface area contributed by atoms with Crippen LogP contribution in [0.3, 0.4) is 0 Å². The van der Waals surface area contributed by atoms with Gasteiger partial charge in [-0.15, -0.1) is 0 Å². The summed E-state index contributed by atoms with van der Waals surface area (Å²) >= 11 is 0. The summed E-state index contributed by atoms with van der Waals surface area (Å²) in [5.74, 6) is 0. The molecule has 1 fully saturated rings. The number of hydrogen-bond donors (Lipinski definition) is 1. The van der Waals surface area contributed by atoms with Gasteiger partial charge in [0.05, 0.1) is 0 Å². The topological polar surface area (TPSA) is 29.3 Å². The van der Waals surface area contributed by atoms with E-state index in [-0.39, 0.29) is 0 Å². The van der Waals surface area contributed by atoms with Crippen LogP contribution < -0.4 is 5.73 Å². The maximum atomic E-state index is 5.67. The van der Waals surface area contributed by atoms with Gasteiger partial charge in [0.2, 0.25) is 0 Å². The molecule has 0 unspecified atom stereocenters. The molecule has 1 aliphatic heterocycles. The van der Waals surface area contributed by atoms with E-state index in [0.29, 0.717) is 5.41 Å². The van der Waals surface area contributed by atoms with Crippen LogP contribution in [-0.2, 0) is 0 Å². The van der Waals surface area contributed by atoms with Crippen molar-refractivity contribution in [1.82, 2.24) is 4.90 Å². The monoisotopic (exact) mass is 170 g/mol. The van der Waals surface area contributed by atoms with Crippen LogP contribution in [0.4, 0.5) is 0 Å². The van der Waals surface area contributed by atoms with E-state index in [0.717, 1.165) is 6.54 Å². The lowest BCUT2D eigenvalue weighted by Crippen LogP contribution is -2.30. The summed E-state index contributed by atoms with van der Waals surface area (Å²) in [5, 5.41) is 0. The zero-order valence-corrected chi connectivity index (χ0v) is 8.47. The maximum Gasteiger partial charge on any atom is -0.00132 e. The molecular weight excluding hydrogens is 148 g/mol. The fourth-order valence-corrected chi connectivity index (χ4v) is 1.57. The van der Waals surface area contributed by atoms with Crippen LogP contribution in [0.5, 0.6) is 0 Å². The fourth-order valence-electron chi connectivity index (χ4n) is 1.57. The first-order valence-corrected chi connectivity index (χ1v) is 5.06. The van der Waals surface area contributed by atoms with Gasteiger partial charge < -0.3 is 10.6 Å². The molecule has 2 heteroatoms. The van der Waals surface area contributed by atoms with E-state index in [1.807, 2.05) is 0 Å². The number of nitrogens with zero attached hydrogens (tertiary/aromatic N) is 1. The predicted molar refractivity (Wildman–Crippen MR) is 53.1 cm³/mol. The van der Waals surface area contributed by atoms with Crippen LogP contribution in [0.25, 0.3) is 0 Å². The molecule has 1 aliphatic rings. The van der Waals surface area contributed by atoms with Crippen molar-refractivity contribution >= 4 is 0 Å². The molecule has 0 atom stereocenters. The van der Waals surface area contributed by atoms with Gasteiger partial charge in [0.1, 0.15) is 0 Å². The smallest absolute Gasteiger partial charge is 0.00132 e. The lowest BCUT2D eigenvalue weighted by molar-refractivity contribution is 0.254. The second kappa shape index (κ2) is 4.24. The van der Waals surface area contributed by atoms with E-state index in [1.165, 1.54) is 38.9 Å². The van der Waals surface area contributed by atoms with Crippen molar-refractivity contribution in [3.8, 4) is 0 Å². The number of rotatable bonds is 4. The maximum absolute atomic E-state index is 5.67. The first-order valence-electron chi connectivity index (χ1n) is 5.06. The van der Waals surface area contributed by atoms with E-state index in [4.69, 9.17) is 5.73 Å². The van der Waals surface area contributed by atoms with Crippen LogP contribution in [0, 0.1) is 5.41 Å². The molecule has 1 saturated heterocycles. The van der Waals surface area contributed by atoms with Crippen LogP contribution >= 0.6 is 0 Å². The highest BCUT2D eigenvalue weighted by atomic mass is 15.1. The Hall–Kier alpha value is -0.0800. The van der Waals surface area contributed by atoms with Crippen LogP contribution in [0.15, 0.2) is 0 Å². The number of nitrogens with two attached hydrogens (primary N) is 1. The molecule has 0 saturated carbocycles. The molecule has 0 bridgehead atoms. The minimum absolute atomic E-state index is 0.336. The molecule has 12 heavy (non-hydrogen) atoms. The average Bonchev–Trinajstić information content (AvgIpc) is 2.53. The highest BCUT2D eigenvalue weighted by molar-refractivity contribution is 4.73. The van der Waals surface area contributed by atoms with E-state index >= 15 is 0 Å². The Morgan fingerprint density at radius 2 is 1.83 bits per heavy atom. The zero-order chi connectivity index (χ0) is 9.03. The lowest BCUT2D eigenvalue weighted by Gasteiger charge is -2.25. The van der Waals surface area contributed by atoms with E-state index in [9.17, 15) is 0 Å². The van der Waals surface area contributed by atoms with Crippen LogP contribution in [-0.4, -0.2) is 31.1 Å². The summed E-state index contributed by atoms with van der Waals surface area (Å²) in [6, 6.07) is 0. The third kappa shape index (κ3) is 3.11. The Bertz CT molecular complexity index is 126. The minimum atomic E-state index is 0.336. The second-order valence-electron chi connectivity index (χ2n) is 4.67. The Morgan fingerprint density at radius 1 is 1.25 bits per heavy atom. The molecule has 72 valence electrons. The molecule has 1 heterocycles. The van der Waals surface area contributed by atoms with Crippen LogP contribution in [0.1, 0.15) is 33.1 Å². The lowest BCUT2D eigenvalue weighted by atomic mass is 9.89. The third-order valence-corrected chi connectivity index (χ3v) is 2.86. The number of hydrogen-bond acceptors (Lipinski definition) is 2. The molecule has 1 rings (SSSR count). The van der Waals surface area contributed by atoms with Crippen molar-refractivity contribution < 1.29 is 0 Å². The molecule has 0 aliphatic carbocycles. The van der Waals surface area contributed by atoms with Crippen molar-refractivity contribution in [2.24, 2.45) is 11.1 Å². The minimum Gasteiger partial charge on any atom is -0.330 e.